The number of anilines is 1. The van der Waals surface area contributed by atoms with Crippen LogP contribution in [0.2, 0.25) is 0 Å². The van der Waals surface area contributed by atoms with E-state index in [1.54, 1.807) is 30.0 Å². The van der Waals surface area contributed by atoms with Crippen molar-refractivity contribution < 1.29 is 23.1 Å². The van der Waals surface area contributed by atoms with Crippen molar-refractivity contribution in [2.45, 2.75) is 52.8 Å². The Morgan fingerprint density at radius 2 is 1.77 bits per heavy atom. The maximum absolute atomic E-state index is 13.1. The summed E-state index contributed by atoms with van der Waals surface area (Å²) >= 11 is 0. The monoisotopic (exact) mass is 423 g/mol. The van der Waals surface area contributed by atoms with Gasteiger partial charge in [0.25, 0.3) is 0 Å². The number of rotatable bonds is 8. The molecule has 164 valence electrons. The van der Waals surface area contributed by atoms with Crippen LogP contribution in [0.15, 0.2) is 30.3 Å². The Bertz CT molecular complexity index is 880. The molecule has 2 N–H and O–H groups in total. The van der Waals surface area contributed by atoms with Gasteiger partial charge in [0.15, 0.2) is 0 Å². The minimum absolute atomic E-state index is 0.0547. The normalized spacial score (nSPS) is 12.5. The van der Waals surface area contributed by atoms with Crippen LogP contribution in [0.5, 0.6) is 5.75 Å². The van der Waals surface area contributed by atoms with Gasteiger partial charge < -0.3 is 15.3 Å². The number of aromatic hydroxyl groups is 1. The van der Waals surface area contributed by atoms with Gasteiger partial charge in [-0.2, -0.15) is 13.2 Å². The number of benzene rings is 1. The number of amides is 1. The molecule has 2 aromatic rings. The second-order valence-corrected chi connectivity index (χ2v) is 7.03. The second-order valence-electron chi connectivity index (χ2n) is 7.03. The number of carbonyl (C=O) groups excluding carboxylic acids is 1. The Kier molecular flexibility index (Phi) is 7.70. The standard InChI is InChI=1S/C22H28F3N3O2/c1-5-15-8-9-16(12-18(15)29)14(4)21(30)26-13-17-10-11-19(22(23,24)25)27-20(17)28(6-2)7-3/h8-12,14,29H,5-7,13H2,1-4H3,(H,26,30). The zero-order valence-corrected chi connectivity index (χ0v) is 17.7. The summed E-state index contributed by atoms with van der Waals surface area (Å²) in [5.74, 6) is -0.455. The number of pyridine rings is 1. The first-order chi connectivity index (χ1) is 14.1. The first-order valence-corrected chi connectivity index (χ1v) is 10.0. The van der Waals surface area contributed by atoms with Gasteiger partial charge in [-0.1, -0.05) is 25.1 Å². The number of nitrogens with one attached hydrogen (secondary N) is 1. The molecule has 1 heterocycles. The smallest absolute Gasteiger partial charge is 0.433 e. The van der Waals surface area contributed by atoms with E-state index in [4.69, 9.17) is 0 Å². The van der Waals surface area contributed by atoms with E-state index in [9.17, 15) is 23.1 Å². The van der Waals surface area contributed by atoms with Crippen LogP contribution in [0, 0.1) is 0 Å². The molecule has 0 saturated carbocycles. The van der Waals surface area contributed by atoms with Crippen molar-refractivity contribution in [2.24, 2.45) is 0 Å². The molecule has 1 aromatic heterocycles. The third-order valence-electron chi connectivity index (χ3n) is 5.15. The van der Waals surface area contributed by atoms with E-state index in [1.165, 1.54) is 6.07 Å². The summed E-state index contributed by atoms with van der Waals surface area (Å²) in [6.45, 7) is 8.35. The van der Waals surface area contributed by atoms with E-state index in [2.05, 4.69) is 10.3 Å². The van der Waals surface area contributed by atoms with Gasteiger partial charge in [0.1, 0.15) is 17.3 Å². The maximum atomic E-state index is 13.1. The van der Waals surface area contributed by atoms with Gasteiger partial charge >= 0.3 is 6.18 Å². The van der Waals surface area contributed by atoms with Crippen LogP contribution >= 0.6 is 0 Å². The molecule has 8 heteroatoms. The molecule has 0 bridgehead atoms. The summed E-state index contributed by atoms with van der Waals surface area (Å²) in [4.78, 5) is 18.2. The van der Waals surface area contributed by atoms with Gasteiger partial charge in [-0.15, -0.1) is 0 Å². The summed E-state index contributed by atoms with van der Waals surface area (Å²) in [7, 11) is 0. The van der Waals surface area contributed by atoms with Gasteiger partial charge in [0.2, 0.25) is 5.91 Å². The lowest BCUT2D eigenvalue weighted by Gasteiger charge is -2.24. The van der Waals surface area contributed by atoms with Crippen LogP contribution in [0.4, 0.5) is 19.0 Å². The highest BCUT2D eigenvalue weighted by Gasteiger charge is 2.33. The largest absolute Gasteiger partial charge is 0.508 e. The van der Waals surface area contributed by atoms with E-state index in [0.29, 0.717) is 30.6 Å². The van der Waals surface area contributed by atoms with Crippen molar-refractivity contribution in [3.05, 3.63) is 52.7 Å². The molecule has 0 radical (unpaired) electrons. The molecule has 30 heavy (non-hydrogen) atoms. The summed E-state index contributed by atoms with van der Waals surface area (Å²) in [5.41, 5.74) is 1.01. The van der Waals surface area contributed by atoms with Crippen LogP contribution in [0.25, 0.3) is 0 Å². The van der Waals surface area contributed by atoms with Crippen LogP contribution in [-0.2, 0) is 23.9 Å². The molecule has 0 aliphatic rings. The Labute approximate surface area is 174 Å². The molecule has 1 unspecified atom stereocenters. The lowest BCUT2D eigenvalue weighted by atomic mass is 9.97. The summed E-state index contributed by atoms with van der Waals surface area (Å²) in [6, 6.07) is 7.44. The molecule has 0 aliphatic heterocycles. The van der Waals surface area contributed by atoms with Crippen LogP contribution in [0.1, 0.15) is 56.0 Å². The number of hydrogen-bond acceptors (Lipinski definition) is 4. The number of aromatic nitrogens is 1. The summed E-state index contributed by atoms with van der Waals surface area (Å²) < 4.78 is 39.3. The van der Waals surface area contributed by atoms with Crippen LogP contribution < -0.4 is 10.2 Å². The number of aryl methyl sites for hydroxylation is 1. The fourth-order valence-corrected chi connectivity index (χ4v) is 3.21. The van der Waals surface area contributed by atoms with Crippen molar-refractivity contribution in [3.8, 4) is 5.75 Å². The zero-order chi connectivity index (χ0) is 22.5. The molecular weight excluding hydrogens is 395 g/mol. The van der Waals surface area contributed by atoms with E-state index >= 15 is 0 Å². The topological polar surface area (TPSA) is 65.5 Å². The SMILES string of the molecule is CCc1ccc(C(C)C(=O)NCc2ccc(C(F)(F)F)nc2N(CC)CC)cc1O. The van der Waals surface area contributed by atoms with Crippen molar-refractivity contribution in [1.29, 1.82) is 0 Å². The Hall–Kier alpha value is -2.77. The quantitative estimate of drug-likeness (QED) is 0.650. The number of phenols is 1. The molecule has 1 amide bonds. The molecule has 0 fully saturated rings. The van der Waals surface area contributed by atoms with Gasteiger partial charge in [-0.05, 0) is 50.5 Å². The first kappa shape index (κ1) is 23.5. The highest BCUT2D eigenvalue weighted by atomic mass is 19.4. The average molecular weight is 423 g/mol. The predicted octanol–water partition coefficient (Wildman–Crippen LogP) is 4.63. The van der Waals surface area contributed by atoms with Gasteiger partial charge in [0, 0.05) is 25.2 Å². The number of halogens is 3. The molecule has 5 nitrogen and oxygen atoms in total. The highest BCUT2D eigenvalue weighted by molar-refractivity contribution is 5.83. The molecular formula is C22H28F3N3O2. The zero-order valence-electron chi connectivity index (χ0n) is 17.7. The number of phenolic OH excluding ortho intramolecular Hbond substituents is 1. The fraction of sp³-hybridized carbons (Fsp3) is 0.455. The second kappa shape index (κ2) is 9.82. The van der Waals surface area contributed by atoms with Crippen LogP contribution in [-0.4, -0.2) is 29.1 Å². The van der Waals surface area contributed by atoms with E-state index in [1.807, 2.05) is 20.8 Å². The van der Waals surface area contributed by atoms with Gasteiger partial charge in [-0.3, -0.25) is 4.79 Å². The minimum Gasteiger partial charge on any atom is -0.508 e. The molecule has 1 aromatic carbocycles. The molecule has 2 rings (SSSR count). The Morgan fingerprint density at radius 3 is 2.30 bits per heavy atom. The molecule has 0 aliphatic carbocycles. The first-order valence-electron chi connectivity index (χ1n) is 10.0. The fourth-order valence-electron chi connectivity index (χ4n) is 3.21. The van der Waals surface area contributed by atoms with Crippen LogP contribution in [0.3, 0.4) is 0 Å². The molecule has 1 atom stereocenters. The summed E-state index contributed by atoms with van der Waals surface area (Å²) in [5, 5.41) is 12.8. The van der Waals surface area contributed by atoms with Gasteiger partial charge in [-0.25, -0.2) is 4.98 Å². The minimum atomic E-state index is -4.54. The van der Waals surface area contributed by atoms with Crippen molar-refractivity contribution in [1.82, 2.24) is 10.3 Å². The molecule has 0 saturated heterocycles. The predicted molar refractivity (Wildman–Crippen MR) is 111 cm³/mol. The number of hydrogen-bond donors (Lipinski definition) is 2. The number of alkyl halides is 3. The Balaban J connectivity index is 2.21. The Morgan fingerprint density at radius 1 is 1.13 bits per heavy atom. The van der Waals surface area contributed by atoms with Crippen molar-refractivity contribution >= 4 is 11.7 Å². The van der Waals surface area contributed by atoms with E-state index < -0.39 is 17.8 Å². The number of carbonyl (C=O) groups is 1. The number of nitrogens with zero attached hydrogens (tertiary/aromatic N) is 2. The average Bonchev–Trinajstić information content (AvgIpc) is 2.72. The lowest BCUT2D eigenvalue weighted by Crippen LogP contribution is -2.30. The van der Waals surface area contributed by atoms with Crippen molar-refractivity contribution in [3.63, 3.8) is 0 Å². The third-order valence-corrected chi connectivity index (χ3v) is 5.15. The van der Waals surface area contributed by atoms with Crippen molar-refractivity contribution in [2.75, 3.05) is 18.0 Å². The van der Waals surface area contributed by atoms with E-state index in [-0.39, 0.29) is 24.0 Å². The molecule has 0 spiro atoms. The third kappa shape index (κ3) is 5.43. The summed E-state index contributed by atoms with van der Waals surface area (Å²) in [6.07, 6.45) is -3.85. The maximum Gasteiger partial charge on any atom is 0.433 e. The lowest BCUT2D eigenvalue weighted by molar-refractivity contribution is -0.141. The van der Waals surface area contributed by atoms with Gasteiger partial charge in [0.05, 0.1) is 5.92 Å². The highest BCUT2D eigenvalue weighted by Crippen LogP contribution is 2.31. The van der Waals surface area contributed by atoms with E-state index in [0.717, 1.165) is 11.6 Å².